The highest BCUT2D eigenvalue weighted by molar-refractivity contribution is 5.98. The van der Waals surface area contributed by atoms with Gasteiger partial charge < -0.3 is 15.5 Å². The van der Waals surface area contributed by atoms with E-state index in [0.29, 0.717) is 27.9 Å². The third-order valence-electron chi connectivity index (χ3n) is 5.04. The standard InChI is InChI=1S/C23H19NO4/c1-14(25)24-22-19-11-10-18(16-7-3-2-4-8-16)21(22)23(19,28)17-9-5-6-15(12-17)13-20(26)27/h2-12,28H,13H2,1H3,(H,24,25)(H,26,27). The average molecular weight is 373 g/mol. The van der Waals surface area contributed by atoms with E-state index in [0.717, 1.165) is 11.1 Å². The molecule has 1 amide bonds. The molecule has 0 saturated carbocycles. The molecule has 0 spiro atoms. The second-order valence-electron chi connectivity index (χ2n) is 6.94. The predicted molar refractivity (Wildman–Crippen MR) is 106 cm³/mol. The Hall–Kier alpha value is -3.44. The van der Waals surface area contributed by atoms with Crippen molar-refractivity contribution in [3.63, 3.8) is 0 Å². The van der Waals surface area contributed by atoms with E-state index >= 15 is 0 Å². The molecule has 1 unspecified atom stereocenters. The van der Waals surface area contributed by atoms with E-state index in [9.17, 15) is 14.7 Å². The lowest BCUT2D eigenvalue weighted by Gasteiger charge is -2.44. The number of carboxylic acid groups (broad SMARTS) is 1. The highest BCUT2D eigenvalue weighted by atomic mass is 16.4. The molecule has 5 heteroatoms. The normalized spacial score (nSPS) is 16.9. The highest BCUT2D eigenvalue weighted by Gasteiger charge is 2.49. The van der Waals surface area contributed by atoms with Crippen LogP contribution in [-0.4, -0.2) is 22.1 Å². The van der Waals surface area contributed by atoms with Gasteiger partial charge in [0, 0.05) is 18.1 Å². The Morgan fingerprint density at radius 1 is 1.00 bits per heavy atom. The van der Waals surface area contributed by atoms with Gasteiger partial charge in [0.05, 0.1) is 12.1 Å². The van der Waals surface area contributed by atoms with Crippen LogP contribution in [0.3, 0.4) is 0 Å². The summed E-state index contributed by atoms with van der Waals surface area (Å²) < 4.78 is 0. The minimum atomic E-state index is -1.40. The molecule has 2 bridgehead atoms. The van der Waals surface area contributed by atoms with Gasteiger partial charge in [-0.3, -0.25) is 9.59 Å². The summed E-state index contributed by atoms with van der Waals surface area (Å²) in [5.41, 5.74) is 3.38. The van der Waals surface area contributed by atoms with Crippen LogP contribution in [0, 0.1) is 0 Å². The molecule has 4 rings (SSSR count). The van der Waals surface area contributed by atoms with Crippen LogP contribution in [0.15, 0.2) is 66.7 Å². The summed E-state index contributed by atoms with van der Waals surface area (Å²) >= 11 is 0. The molecule has 140 valence electrons. The Kier molecular flexibility index (Phi) is 4.24. The zero-order valence-electron chi connectivity index (χ0n) is 15.3. The van der Waals surface area contributed by atoms with Gasteiger partial charge in [-0.2, -0.15) is 0 Å². The molecule has 0 heterocycles. The topological polar surface area (TPSA) is 86.6 Å². The lowest BCUT2D eigenvalue weighted by Crippen LogP contribution is -2.40. The van der Waals surface area contributed by atoms with E-state index in [1.807, 2.05) is 42.5 Å². The Morgan fingerprint density at radius 2 is 1.75 bits per heavy atom. The number of carboxylic acids is 1. The Labute approximate surface area is 162 Å². The summed E-state index contributed by atoms with van der Waals surface area (Å²) in [6.45, 7) is 1.43. The van der Waals surface area contributed by atoms with Gasteiger partial charge in [0.1, 0.15) is 5.60 Å². The first-order valence-corrected chi connectivity index (χ1v) is 8.96. The fourth-order valence-electron chi connectivity index (χ4n) is 3.90. The van der Waals surface area contributed by atoms with Crippen molar-refractivity contribution in [3.05, 3.63) is 89.0 Å². The molecular formula is C23H19NO4. The first kappa shape index (κ1) is 17.9. The number of rotatable bonds is 5. The largest absolute Gasteiger partial charge is 0.481 e. The molecule has 0 aliphatic heterocycles. The van der Waals surface area contributed by atoms with Crippen molar-refractivity contribution in [2.75, 3.05) is 5.32 Å². The van der Waals surface area contributed by atoms with Gasteiger partial charge in [0.15, 0.2) is 0 Å². The molecule has 1 aliphatic carbocycles. The van der Waals surface area contributed by atoms with Crippen molar-refractivity contribution in [3.8, 4) is 11.1 Å². The predicted octanol–water partition coefficient (Wildman–Crippen LogP) is 3.54. The highest BCUT2D eigenvalue weighted by Crippen LogP contribution is 2.56. The van der Waals surface area contributed by atoms with E-state index in [-0.39, 0.29) is 12.3 Å². The number of aliphatic carboxylic acids is 1. The third kappa shape index (κ3) is 2.77. The van der Waals surface area contributed by atoms with Gasteiger partial charge in [-0.05, 0) is 22.3 Å². The number of carbonyl (C=O) groups excluding carboxylic acids is 1. The summed E-state index contributed by atoms with van der Waals surface area (Å²) in [5, 5.41) is 23.6. The van der Waals surface area contributed by atoms with Crippen molar-refractivity contribution < 1.29 is 19.8 Å². The SMILES string of the molecule is CC(=O)Nc1c2ccc(-c3ccccc3)c1C2(O)c1cccc(CC(=O)O)c1. The first-order chi connectivity index (χ1) is 13.4. The minimum absolute atomic E-state index is 0.123. The van der Waals surface area contributed by atoms with Crippen LogP contribution in [0.2, 0.25) is 0 Å². The summed E-state index contributed by atoms with van der Waals surface area (Å²) in [5.74, 6) is -1.14. The van der Waals surface area contributed by atoms with Crippen LogP contribution in [0.5, 0.6) is 0 Å². The van der Waals surface area contributed by atoms with E-state index in [4.69, 9.17) is 5.11 Å². The monoisotopic (exact) mass is 373 g/mol. The van der Waals surface area contributed by atoms with Crippen LogP contribution < -0.4 is 5.32 Å². The van der Waals surface area contributed by atoms with Gasteiger partial charge in [0.25, 0.3) is 0 Å². The Morgan fingerprint density at radius 3 is 2.43 bits per heavy atom. The number of amides is 1. The molecule has 5 nitrogen and oxygen atoms in total. The number of anilines is 1. The molecule has 0 aromatic heterocycles. The molecule has 0 fully saturated rings. The number of nitrogens with one attached hydrogen (secondary N) is 1. The molecule has 28 heavy (non-hydrogen) atoms. The number of fused-ring (bicyclic) bond motifs is 2. The molecule has 3 N–H and O–H groups in total. The van der Waals surface area contributed by atoms with E-state index in [1.165, 1.54) is 6.92 Å². The van der Waals surface area contributed by atoms with Crippen molar-refractivity contribution in [1.29, 1.82) is 0 Å². The molecule has 1 aliphatic rings. The zero-order valence-corrected chi connectivity index (χ0v) is 15.3. The van der Waals surface area contributed by atoms with Crippen molar-refractivity contribution in [2.24, 2.45) is 0 Å². The quantitative estimate of drug-likeness (QED) is 0.638. The third-order valence-corrected chi connectivity index (χ3v) is 5.04. The van der Waals surface area contributed by atoms with Gasteiger partial charge >= 0.3 is 5.97 Å². The number of hydrogen-bond acceptors (Lipinski definition) is 3. The number of hydrogen-bond donors (Lipinski definition) is 3. The van der Waals surface area contributed by atoms with Crippen LogP contribution >= 0.6 is 0 Å². The van der Waals surface area contributed by atoms with Crippen molar-refractivity contribution in [2.45, 2.75) is 18.9 Å². The molecule has 3 aromatic rings. The molecule has 0 saturated heterocycles. The van der Waals surface area contributed by atoms with Crippen molar-refractivity contribution >= 4 is 17.6 Å². The number of aliphatic hydroxyl groups is 1. The second kappa shape index (κ2) is 6.62. The van der Waals surface area contributed by atoms with Crippen molar-refractivity contribution in [1.82, 2.24) is 0 Å². The molecule has 3 aromatic carbocycles. The summed E-state index contributed by atoms with van der Waals surface area (Å²) in [7, 11) is 0. The molecule has 1 atom stereocenters. The van der Waals surface area contributed by atoms with E-state index in [2.05, 4.69) is 5.32 Å². The maximum absolute atomic E-state index is 11.7. The lowest BCUT2D eigenvalue weighted by molar-refractivity contribution is -0.136. The fraction of sp³-hybridized carbons (Fsp3) is 0.130. The van der Waals surface area contributed by atoms with E-state index < -0.39 is 11.6 Å². The Bertz CT molecular complexity index is 1090. The summed E-state index contributed by atoms with van der Waals surface area (Å²) in [4.78, 5) is 22.8. The van der Waals surface area contributed by atoms with Crippen LogP contribution in [0.1, 0.15) is 29.2 Å². The average Bonchev–Trinajstić information content (AvgIpc) is 2.68. The minimum Gasteiger partial charge on any atom is -0.481 e. The fourth-order valence-corrected chi connectivity index (χ4v) is 3.90. The maximum Gasteiger partial charge on any atom is 0.307 e. The number of carbonyl (C=O) groups is 2. The Balaban J connectivity index is 1.88. The number of benzene rings is 3. The van der Waals surface area contributed by atoms with Crippen LogP contribution in [-0.2, 0) is 21.6 Å². The zero-order chi connectivity index (χ0) is 19.9. The first-order valence-electron chi connectivity index (χ1n) is 8.96. The summed E-state index contributed by atoms with van der Waals surface area (Å²) in [6.07, 6.45) is -0.123. The van der Waals surface area contributed by atoms with Gasteiger partial charge in [-0.25, -0.2) is 0 Å². The maximum atomic E-state index is 11.7. The van der Waals surface area contributed by atoms with Gasteiger partial charge in [-0.1, -0.05) is 66.7 Å². The molecular weight excluding hydrogens is 354 g/mol. The second-order valence-corrected chi connectivity index (χ2v) is 6.94. The lowest BCUT2D eigenvalue weighted by atomic mass is 9.66. The van der Waals surface area contributed by atoms with Gasteiger partial charge in [0.2, 0.25) is 5.91 Å². The summed E-state index contributed by atoms with van der Waals surface area (Å²) in [6, 6.07) is 20.3. The van der Waals surface area contributed by atoms with Crippen LogP contribution in [0.25, 0.3) is 11.1 Å². The molecule has 0 radical (unpaired) electrons. The van der Waals surface area contributed by atoms with Crippen LogP contribution in [0.4, 0.5) is 5.69 Å². The van der Waals surface area contributed by atoms with E-state index in [1.54, 1.807) is 24.3 Å². The van der Waals surface area contributed by atoms with Gasteiger partial charge in [-0.15, -0.1) is 0 Å². The smallest absolute Gasteiger partial charge is 0.307 e.